The lowest BCUT2D eigenvalue weighted by Gasteiger charge is -2.23. The molecule has 0 aromatic carbocycles. The monoisotopic (exact) mass is 243 g/mol. The third kappa shape index (κ3) is 2.09. The summed E-state index contributed by atoms with van der Waals surface area (Å²) in [7, 11) is 0. The lowest BCUT2D eigenvalue weighted by atomic mass is 9.85. The molecule has 0 bridgehead atoms. The number of carbonyl (C=O) groups is 1. The summed E-state index contributed by atoms with van der Waals surface area (Å²) in [4.78, 5) is 20.0. The van der Waals surface area contributed by atoms with Gasteiger partial charge in [0.15, 0.2) is 0 Å². The zero-order chi connectivity index (χ0) is 12.4. The SMILES string of the molecule is O=C(Nc1cnc(-n2cccn2)nc1)C1CCC1. The number of hydrogen-bond donors (Lipinski definition) is 1. The van der Waals surface area contributed by atoms with Crippen molar-refractivity contribution in [1.82, 2.24) is 19.7 Å². The second-order valence-electron chi connectivity index (χ2n) is 4.34. The highest BCUT2D eigenvalue weighted by Crippen LogP contribution is 2.27. The summed E-state index contributed by atoms with van der Waals surface area (Å²) in [6.07, 6.45) is 9.74. The van der Waals surface area contributed by atoms with Crippen molar-refractivity contribution in [3.8, 4) is 5.95 Å². The van der Waals surface area contributed by atoms with Crippen LogP contribution in [0.4, 0.5) is 5.69 Å². The Hall–Kier alpha value is -2.24. The molecule has 2 aromatic rings. The van der Waals surface area contributed by atoms with Crippen molar-refractivity contribution >= 4 is 11.6 Å². The van der Waals surface area contributed by atoms with E-state index in [0.29, 0.717) is 11.6 Å². The summed E-state index contributed by atoms with van der Waals surface area (Å²) in [5.74, 6) is 0.717. The topological polar surface area (TPSA) is 72.7 Å². The van der Waals surface area contributed by atoms with Crippen molar-refractivity contribution < 1.29 is 4.79 Å². The minimum Gasteiger partial charge on any atom is -0.323 e. The van der Waals surface area contributed by atoms with Gasteiger partial charge in [-0.25, -0.2) is 14.6 Å². The van der Waals surface area contributed by atoms with Gasteiger partial charge in [-0.05, 0) is 18.9 Å². The maximum absolute atomic E-state index is 11.7. The Balaban J connectivity index is 1.69. The molecule has 0 aliphatic heterocycles. The van der Waals surface area contributed by atoms with Gasteiger partial charge >= 0.3 is 0 Å². The van der Waals surface area contributed by atoms with Crippen molar-refractivity contribution in [3.05, 3.63) is 30.9 Å². The number of amides is 1. The Bertz CT molecular complexity index is 530. The maximum atomic E-state index is 11.7. The van der Waals surface area contributed by atoms with Crippen LogP contribution in [-0.4, -0.2) is 25.7 Å². The molecule has 1 saturated carbocycles. The molecule has 1 aliphatic rings. The lowest BCUT2D eigenvalue weighted by Crippen LogP contribution is -2.28. The van der Waals surface area contributed by atoms with E-state index < -0.39 is 0 Å². The van der Waals surface area contributed by atoms with Crippen LogP contribution in [0.5, 0.6) is 0 Å². The van der Waals surface area contributed by atoms with Gasteiger partial charge in [0.25, 0.3) is 5.95 Å². The first-order chi connectivity index (χ1) is 8.83. The van der Waals surface area contributed by atoms with Crippen molar-refractivity contribution in [2.75, 3.05) is 5.32 Å². The van der Waals surface area contributed by atoms with Gasteiger partial charge in [0.05, 0.1) is 18.1 Å². The van der Waals surface area contributed by atoms with Gasteiger partial charge in [-0.3, -0.25) is 4.79 Å². The van der Waals surface area contributed by atoms with Gasteiger partial charge < -0.3 is 5.32 Å². The van der Waals surface area contributed by atoms with E-state index >= 15 is 0 Å². The van der Waals surface area contributed by atoms with E-state index in [-0.39, 0.29) is 11.8 Å². The van der Waals surface area contributed by atoms with Crippen LogP contribution in [0.3, 0.4) is 0 Å². The van der Waals surface area contributed by atoms with E-state index in [2.05, 4.69) is 20.4 Å². The smallest absolute Gasteiger partial charge is 0.250 e. The second kappa shape index (κ2) is 4.56. The zero-order valence-electron chi connectivity index (χ0n) is 9.78. The summed E-state index contributed by atoms with van der Waals surface area (Å²) >= 11 is 0. The van der Waals surface area contributed by atoms with E-state index in [9.17, 15) is 4.79 Å². The zero-order valence-corrected chi connectivity index (χ0v) is 9.78. The first kappa shape index (κ1) is 10.9. The third-order valence-electron chi connectivity index (χ3n) is 3.09. The average Bonchev–Trinajstić information content (AvgIpc) is 2.81. The molecule has 1 N–H and O–H groups in total. The quantitative estimate of drug-likeness (QED) is 0.884. The molecule has 18 heavy (non-hydrogen) atoms. The van der Waals surface area contributed by atoms with Gasteiger partial charge in [-0.1, -0.05) is 6.42 Å². The lowest BCUT2D eigenvalue weighted by molar-refractivity contribution is -0.122. The number of nitrogens with one attached hydrogen (secondary N) is 1. The highest BCUT2D eigenvalue weighted by Gasteiger charge is 2.25. The Morgan fingerprint density at radius 1 is 1.33 bits per heavy atom. The highest BCUT2D eigenvalue weighted by atomic mass is 16.1. The van der Waals surface area contributed by atoms with E-state index in [0.717, 1.165) is 19.3 Å². The molecule has 6 heteroatoms. The largest absolute Gasteiger partial charge is 0.323 e. The van der Waals surface area contributed by atoms with Crippen molar-refractivity contribution in [3.63, 3.8) is 0 Å². The van der Waals surface area contributed by atoms with Gasteiger partial charge in [-0.2, -0.15) is 5.10 Å². The standard InChI is InChI=1S/C12H13N5O/c18-11(9-3-1-4-9)16-10-7-13-12(14-8-10)17-6-2-5-15-17/h2,5-9H,1,3-4H2,(H,16,18). The van der Waals surface area contributed by atoms with Crippen LogP contribution in [0.25, 0.3) is 5.95 Å². The minimum absolute atomic E-state index is 0.0664. The van der Waals surface area contributed by atoms with E-state index in [4.69, 9.17) is 0 Å². The molecule has 0 atom stereocenters. The van der Waals surface area contributed by atoms with Crippen molar-refractivity contribution in [2.45, 2.75) is 19.3 Å². The Morgan fingerprint density at radius 3 is 2.67 bits per heavy atom. The molecule has 2 heterocycles. The number of aromatic nitrogens is 4. The highest BCUT2D eigenvalue weighted by molar-refractivity contribution is 5.92. The molecule has 0 spiro atoms. The number of anilines is 1. The molecule has 92 valence electrons. The fourth-order valence-corrected chi connectivity index (χ4v) is 1.81. The molecule has 1 fully saturated rings. The molecule has 0 saturated heterocycles. The molecule has 3 rings (SSSR count). The van der Waals surface area contributed by atoms with Crippen LogP contribution < -0.4 is 5.32 Å². The molecule has 2 aromatic heterocycles. The third-order valence-corrected chi connectivity index (χ3v) is 3.09. The maximum Gasteiger partial charge on any atom is 0.250 e. The summed E-state index contributed by atoms with van der Waals surface area (Å²) in [5, 5.41) is 6.85. The Labute approximate surface area is 104 Å². The van der Waals surface area contributed by atoms with Crippen LogP contribution in [-0.2, 0) is 4.79 Å². The van der Waals surface area contributed by atoms with Crippen molar-refractivity contribution in [2.24, 2.45) is 5.92 Å². The molecule has 1 aliphatic carbocycles. The normalized spacial score (nSPS) is 15.1. The van der Waals surface area contributed by atoms with E-state index in [1.165, 1.54) is 0 Å². The van der Waals surface area contributed by atoms with E-state index in [1.807, 2.05) is 0 Å². The van der Waals surface area contributed by atoms with Gasteiger partial charge in [0, 0.05) is 18.3 Å². The van der Waals surface area contributed by atoms with Gasteiger partial charge in [-0.15, -0.1) is 0 Å². The predicted octanol–water partition coefficient (Wildman–Crippen LogP) is 1.40. The summed E-state index contributed by atoms with van der Waals surface area (Å²) in [6, 6.07) is 1.80. The number of nitrogens with zero attached hydrogens (tertiary/aromatic N) is 4. The summed E-state index contributed by atoms with van der Waals surface area (Å²) < 4.78 is 1.57. The average molecular weight is 243 g/mol. The van der Waals surface area contributed by atoms with Crippen LogP contribution >= 0.6 is 0 Å². The fraction of sp³-hybridized carbons (Fsp3) is 0.333. The van der Waals surface area contributed by atoms with Crippen molar-refractivity contribution in [1.29, 1.82) is 0 Å². The summed E-state index contributed by atoms with van der Waals surface area (Å²) in [5.41, 5.74) is 0.628. The second-order valence-corrected chi connectivity index (χ2v) is 4.34. The predicted molar refractivity (Wildman–Crippen MR) is 65.1 cm³/mol. The molecule has 6 nitrogen and oxygen atoms in total. The number of hydrogen-bond acceptors (Lipinski definition) is 4. The Kier molecular flexibility index (Phi) is 2.76. The Morgan fingerprint density at radius 2 is 2.11 bits per heavy atom. The number of rotatable bonds is 3. The van der Waals surface area contributed by atoms with E-state index in [1.54, 1.807) is 35.5 Å². The molecule has 0 radical (unpaired) electrons. The molecule has 0 unspecified atom stereocenters. The molecular formula is C12H13N5O. The van der Waals surface area contributed by atoms with Crippen LogP contribution in [0.1, 0.15) is 19.3 Å². The first-order valence-corrected chi connectivity index (χ1v) is 5.96. The van der Waals surface area contributed by atoms with Gasteiger partial charge in [0.1, 0.15) is 0 Å². The summed E-state index contributed by atoms with van der Waals surface area (Å²) in [6.45, 7) is 0. The number of carbonyl (C=O) groups excluding carboxylic acids is 1. The fourth-order valence-electron chi connectivity index (χ4n) is 1.81. The van der Waals surface area contributed by atoms with Crippen LogP contribution in [0, 0.1) is 5.92 Å². The minimum atomic E-state index is 0.0664. The van der Waals surface area contributed by atoms with Gasteiger partial charge in [0.2, 0.25) is 5.91 Å². The first-order valence-electron chi connectivity index (χ1n) is 5.96. The molecule has 1 amide bonds. The van der Waals surface area contributed by atoms with Crippen LogP contribution in [0.15, 0.2) is 30.9 Å². The molecular weight excluding hydrogens is 230 g/mol. The van der Waals surface area contributed by atoms with Crippen LogP contribution in [0.2, 0.25) is 0 Å².